The van der Waals surface area contributed by atoms with Gasteiger partial charge in [-0.15, -0.1) is 0 Å². The number of nitrogens with one attached hydrogen (secondary N) is 1. The molecule has 78 valence electrons. The van der Waals surface area contributed by atoms with Crippen LogP contribution in [0.25, 0.3) is 0 Å². The molecule has 1 aromatic carbocycles. The van der Waals surface area contributed by atoms with Crippen molar-refractivity contribution in [1.82, 2.24) is 5.32 Å². The van der Waals surface area contributed by atoms with Gasteiger partial charge in [0.1, 0.15) is 6.26 Å². The molecule has 0 unspecified atom stereocenters. The number of hydrogen-bond acceptors (Lipinski definition) is 2. The lowest BCUT2D eigenvalue weighted by molar-refractivity contribution is 0.0958. The van der Waals surface area contributed by atoms with E-state index in [1.807, 2.05) is 18.2 Å². The topological polar surface area (TPSA) is 38.3 Å². The molecule has 1 aliphatic heterocycles. The normalized spacial score (nSPS) is 15.1. The summed E-state index contributed by atoms with van der Waals surface area (Å²) in [6.07, 6.45) is 3.46. The summed E-state index contributed by atoms with van der Waals surface area (Å²) in [5, 5.41) is 2.83. The zero-order chi connectivity index (χ0) is 10.5. The first-order valence-electron chi connectivity index (χ1n) is 5.03. The second-order valence-corrected chi connectivity index (χ2v) is 3.44. The monoisotopic (exact) mass is 203 g/mol. The maximum absolute atomic E-state index is 11.7. The van der Waals surface area contributed by atoms with Crippen LogP contribution in [0.15, 0.2) is 42.3 Å². The summed E-state index contributed by atoms with van der Waals surface area (Å²) in [6.45, 7) is 0.741. The van der Waals surface area contributed by atoms with Crippen molar-refractivity contribution in [3.63, 3.8) is 0 Å². The van der Waals surface area contributed by atoms with Crippen molar-refractivity contribution in [3.8, 4) is 0 Å². The van der Waals surface area contributed by atoms with Crippen molar-refractivity contribution < 1.29 is 9.53 Å². The molecule has 1 amide bonds. The molecule has 15 heavy (non-hydrogen) atoms. The van der Waals surface area contributed by atoms with Gasteiger partial charge < -0.3 is 10.1 Å². The fraction of sp³-hybridized carbons (Fsp3) is 0.250. The van der Waals surface area contributed by atoms with Crippen LogP contribution in [0.2, 0.25) is 0 Å². The van der Waals surface area contributed by atoms with E-state index < -0.39 is 0 Å². The van der Waals surface area contributed by atoms with Gasteiger partial charge in [-0.2, -0.15) is 0 Å². The number of ether oxygens (including phenoxy) is 1. The summed E-state index contributed by atoms with van der Waals surface area (Å²) in [5.41, 5.74) is 1.53. The van der Waals surface area contributed by atoms with Crippen LogP contribution in [0, 0.1) is 0 Å². The summed E-state index contributed by atoms with van der Waals surface area (Å²) in [7, 11) is 0. The smallest absolute Gasteiger partial charge is 0.255 e. The minimum absolute atomic E-state index is 0.0765. The quantitative estimate of drug-likeness (QED) is 0.799. The number of hydrogen-bond donors (Lipinski definition) is 1. The van der Waals surface area contributed by atoms with Crippen molar-refractivity contribution in [2.24, 2.45) is 0 Å². The molecule has 0 atom stereocenters. The molecule has 1 heterocycles. The van der Waals surface area contributed by atoms with E-state index in [2.05, 4.69) is 5.32 Å². The molecule has 3 heteroatoms. The lowest BCUT2D eigenvalue weighted by Gasteiger charge is -2.14. The van der Waals surface area contributed by atoms with E-state index in [1.165, 1.54) is 0 Å². The first-order valence-corrected chi connectivity index (χ1v) is 5.03. The Morgan fingerprint density at radius 1 is 1.27 bits per heavy atom. The van der Waals surface area contributed by atoms with Gasteiger partial charge in [-0.3, -0.25) is 4.79 Å². The zero-order valence-electron chi connectivity index (χ0n) is 8.40. The van der Waals surface area contributed by atoms with Crippen molar-refractivity contribution in [2.75, 3.05) is 6.61 Å². The number of rotatable bonds is 2. The Balaban J connectivity index is 2.01. The predicted molar refractivity (Wildman–Crippen MR) is 57.2 cm³/mol. The van der Waals surface area contributed by atoms with Crippen LogP contribution < -0.4 is 5.32 Å². The van der Waals surface area contributed by atoms with Crippen LogP contribution in [-0.2, 0) is 4.74 Å². The van der Waals surface area contributed by atoms with Crippen molar-refractivity contribution in [1.29, 1.82) is 0 Å². The van der Waals surface area contributed by atoms with Gasteiger partial charge in [0.15, 0.2) is 0 Å². The molecular weight excluding hydrogens is 190 g/mol. The van der Waals surface area contributed by atoms with E-state index in [4.69, 9.17) is 4.74 Å². The highest BCUT2D eigenvalue weighted by atomic mass is 16.5. The van der Waals surface area contributed by atoms with Gasteiger partial charge in [0.25, 0.3) is 5.91 Å². The molecule has 2 rings (SSSR count). The molecule has 1 N–H and O–H groups in total. The lowest BCUT2D eigenvalue weighted by atomic mass is 10.2. The third-order valence-corrected chi connectivity index (χ3v) is 2.24. The molecule has 3 nitrogen and oxygen atoms in total. The Morgan fingerprint density at radius 2 is 2.07 bits per heavy atom. The third-order valence-electron chi connectivity index (χ3n) is 2.24. The lowest BCUT2D eigenvalue weighted by Crippen LogP contribution is -2.24. The highest BCUT2D eigenvalue weighted by Crippen LogP contribution is 2.09. The molecule has 0 aliphatic carbocycles. The maximum atomic E-state index is 11.7. The van der Waals surface area contributed by atoms with Crippen LogP contribution >= 0.6 is 0 Å². The zero-order valence-corrected chi connectivity index (χ0v) is 8.40. The first-order chi connectivity index (χ1) is 7.36. The van der Waals surface area contributed by atoms with Gasteiger partial charge >= 0.3 is 0 Å². The van der Waals surface area contributed by atoms with E-state index in [1.54, 1.807) is 18.4 Å². The van der Waals surface area contributed by atoms with Crippen LogP contribution in [0.3, 0.4) is 0 Å². The molecule has 0 bridgehead atoms. The predicted octanol–water partition coefficient (Wildman–Crippen LogP) is 2.07. The van der Waals surface area contributed by atoms with Gasteiger partial charge in [-0.1, -0.05) is 18.2 Å². The molecule has 0 aromatic heterocycles. The molecule has 0 spiro atoms. The number of carbonyl (C=O) groups excluding carboxylic acids is 1. The van der Waals surface area contributed by atoms with Crippen LogP contribution in [0.5, 0.6) is 0 Å². The van der Waals surface area contributed by atoms with Gasteiger partial charge in [0.05, 0.1) is 12.3 Å². The third kappa shape index (κ3) is 2.59. The fourth-order valence-corrected chi connectivity index (χ4v) is 1.46. The maximum Gasteiger partial charge on any atom is 0.255 e. The molecule has 0 radical (unpaired) electrons. The van der Waals surface area contributed by atoms with Crippen LogP contribution in [0.4, 0.5) is 0 Å². The largest absolute Gasteiger partial charge is 0.499 e. The van der Waals surface area contributed by atoms with Gasteiger partial charge in [-0.25, -0.2) is 0 Å². The van der Waals surface area contributed by atoms with Crippen molar-refractivity contribution >= 4 is 5.91 Å². The Morgan fingerprint density at radius 3 is 2.73 bits per heavy atom. The summed E-state index contributed by atoms with van der Waals surface area (Å²) in [4.78, 5) is 11.7. The molecule has 1 aliphatic rings. The highest BCUT2D eigenvalue weighted by molar-refractivity contribution is 5.95. The summed E-state index contributed by atoms with van der Waals surface area (Å²) in [6, 6.07) is 9.17. The van der Waals surface area contributed by atoms with Crippen molar-refractivity contribution in [2.45, 2.75) is 12.8 Å². The van der Waals surface area contributed by atoms with Crippen LogP contribution in [0.1, 0.15) is 23.2 Å². The van der Waals surface area contributed by atoms with E-state index in [0.29, 0.717) is 5.56 Å². The van der Waals surface area contributed by atoms with Gasteiger partial charge in [0.2, 0.25) is 0 Å². The van der Waals surface area contributed by atoms with E-state index >= 15 is 0 Å². The first kappa shape index (κ1) is 9.77. The Bertz CT molecular complexity index is 370. The van der Waals surface area contributed by atoms with Crippen LogP contribution in [-0.4, -0.2) is 12.5 Å². The fourth-order valence-electron chi connectivity index (χ4n) is 1.46. The van der Waals surface area contributed by atoms with E-state index in [9.17, 15) is 4.79 Å². The second-order valence-electron chi connectivity index (χ2n) is 3.44. The molecule has 1 aromatic rings. The molecule has 0 saturated heterocycles. The minimum atomic E-state index is -0.0765. The van der Waals surface area contributed by atoms with Gasteiger partial charge in [0, 0.05) is 5.56 Å². The molecular formula is C12H13NO2. The summed E-state index contributed by atoms with van der Waals surface area (Å²) >= 11 is 0. The standard InChI is InChI=1S/C12H13NO2/c14-12(10-5-2-1-3-6-10)13-11-7-4-8-15-9-11/h1-3,5-6,9H,4,7-8H2,(H,13,14). The molecule has 0 fully saturated rings. The van der Waals surface area contributed by atoms with Crippen molar-refractivity contribution in [3.05, 3.63) is 47.9 Å². The summed E-state index contributed by atoms with van der Waals surface area (Å²) < 4.78 is 5.14. The number of amides is 1. The average Bonchev–Trinajstić information content (AvgIpc) is 2.31. The summed E-state index contributed by atoms with van der Waals surface area (Å²) in [5.74, 6) is -0.0765. The van der Waals surface area contributed by atoms with Gasteiger partial charge in [-0.05, 0) is 25.0 Å². The second kappa shape index (κ2) is 4.64. The number of carbonyl (C=O) groups is 1. The average molecular weight is 203 g/mol. The SMILES string of the molecule is O=C(NC1=COCCC1)c1ccccc1. The molecule has 0 saturated carbocycles. The number of benzene rings is 1. The minimum Gasteiger partial charge on any atom is -0.499 e. The van der Waals surface area contributed by atoms with E-state index in [0.717, 1.165) is 25.1 Å². The number of allylic oxidation sites excluding steroid dienone is 1. The Labute approximate surface area is 88.8 Å². The Kier molecular flexibility index (Phi) is 3.02. The Hall–Kier alpha value is -1.77. The highest BCUT2D eigenvalue weighted by Gasteiger charge is 2.09. The van der Waals surface area contributed by atoms with E-state index in [-0.39, 0.29) is 5.91 Å².